The zero-order valence-corrected chi connectivity index (χ0v) is 17.1. The van der Waals surface area contributed by atoms with Crippen LogP contribution in [0.25, 0.3) is 5.52 Å². The Bertz CT molecular complexity index is 917. The second-order valence-electron chi connectivity index (χ2n) is 9.03. The Balaban J connectivity index is 1.35. The fourth-order valence-electron chi connectivity index (χ4n) is 4.27. The third-order valence-electron chi connectivity index (χ3n) is 5.71. The Morgan fingerprint density at radius 1 is 1.29 bits per heavy atom. The Morgan fingerprint density at radius 3 is 2.61 bits per heavy atom. The van der Waals surface area contributed by atoms with E-state index in [9.17, 15) is 9.59 Å². The lowest BCUT2D eigenvalue weighted by atomic mass is 10.2. The second kappa shape index (κ2) is 6.50. The Morgan fingerprint density at radius 2 is 1.96 bits per heavy atom. The van der Waals surface area contributed by atoms with Crippen LogP contribution in [0.4, 0.5) is 4.79 Å². The first-order valence-corrected chi connectivity index (χ1v) is 9.86. The van der Waals surface area contributed by atoms with Gasteiger partial charge in [-0.1, -0.05) is 6.07 Å². The SMILES string of the molecule is Cc1cccn2c([C@@H](C)NC(=O)C3[C@H]4CN(C(=O)OC(C)(C)C)C[C@@H]34)ncc12. The molecule has 1 unspecified atom stereocenters. The summed E-state index contributed by atoms with van der Waals surface area (Å²) >= 11 is 0. The normalized spacial score (nSPS) is 24.8. The van der Waals surface area contributed by atoms with E-state index in [-0.39, 0.29) is 35.8 Å². The Labute approximate surface area is 165 Å². The van der Waals surface area contributed by atoms with Crippen LogP contribution in [0.2, 0.25) is 0 Å². The minimum atomic E-state index is -0.499. The molecule has 2 aromatic heterocycles. The highest BCUT2D eigenvalue weighted by Crippen LogP contribution is 2.52. The molecule has 1 saturated heterocycles. The molecular formula is C21H28N4O3. The number of carbonyl (C=O) groups excluding carboxylic acids is 2. The van der Waals surface area contributed by atoms with Gasteiger partial charge < -0.3 is 19.4 Å². The minimum absolute atomic E-state index is 0.0194. The molecule has 2 aliphatic rings. The number of likely N-dealkylation sites (tertiary alicyclic amines) is 1. The van der Waals surface area contributed by atoms with Crippen LogP contribution in [0.5, 0.6) is 0 Å². The van der Waals surface area contributed by atoms with Crippen LogP contribution in [0.15, 0.2) is 24.5 Å². The summed E-state index contributed by atoms with van der Waals surface area (Å²) in [7, 11) is 0. The van der Waals surface area contributed by atoms with E-state index in [2.05, 4.69) is 10.3 Å². The van der Waals surface area contributed by atoms with Crippen LogP contribution in [0.3, 0.4) is 0 Å². The Kier molecular flexibility index (Phi) is 4.36. The summed E-state index contributed by atoms with van der Waals surface area (Å²) in [5, 5.41) is 3.11. The van der Waals surface area contributed by atoms with Crippen LogP contribution in [-0.2, 0) is 9.53 Å². The number of amides is 2. The molecule has 150 valence electrons. The van der Waals surface area contributed by atoms with Gasteiger partial charge in [0.2, 0.25) is 5.91 Å². The first-order chi connectivity index (χ1) is 13.2. The van der Waals surface area contributed by atoms with Crippen molar-refractivity contribution in [2.45, 2.75) is 46.3 Å². The van der Waals surface area contributed by atoms with Gasteiger partial charge in [0.1, 0.15) is 11.4 Å². The number of ether oxygens (including phenoxy) is 1. The number of hydrogen-bond acceptors (Lipinski definition) is 4. The van der Waals surface area contributed by atoms with Crippen molar-refractivity contribution in [2.24, 2.45) is 17.8 Å². The lowest BCUT2D eigenvalue weighted by Gasteiger charge is -2.26. The molecule has 2 fully saturated rings. The number of nitrogens with zero attached hydrogens (tertiary/aromatic N) is 3. The summed E-state index contributed by atoms with van der Waals surface area (Å²) in [5.41, 5.74) is 1.70. The molecule has 1 N–H and O–H groups in total. The lowest BCUT2D eigenvalue weighted by molar-refractivity contribution is -0.124. The van der Waals surface area contributed by atoms with Gasteiger partial charge in [-0.25, -0.2) is 9.78 Å². The average Bonchev–Trinajstić information content (AvgIpc) is 2.96. The quantitative estimate of drug-likeness (QED) is 0.883. The summed E-state index contributed by atoms with van der Waals surface area (Å²) in [6.45, 7) is 10.8. The predicted molar refractivity (Wildman–Crippen MR) is 105 cm³/mol. The van der Waals surface area contributed by atoms with Gasteiger partial charge in [0.15, 0.2) is 0 Å². The number of hydrogen-bond donors (Lipinski definition) is 1. The van der Waals surface area contributed by atoms with E-state index in [1.165, 1.54) is 0 Å². The van der Waals surface area contributed by atoms with Crippen molar-refractivity contribution in [3.63, 3.8) is 0 Å². The van der Waals surface area contributed by atoms with Crippen molar-refractivity contribution in [1.29, 1.82) is 0 Å². The predicted octanol–water partition coefficient (Wildman–Crippen LogP) is 2.93. The Hall–Kier alpha value is -2.57. The van der Waals surface area contributed by atoms with Crippen molar-refractivity contribution >= 4 is 17.5 Å². The summed E-state index contributed by atoms with van der Waals surface area (Å²) < 4.78 is 7.45. The fraction of sp³-hybridized carbons (Fsp3) is 0.571. The van der Waals surface area contributed by atoms with Crippen LogP contribution >= 0.6 is 0 Å². The van der Waals surface area contributed by atoms with Crippen LogP contribution < -0.4 is 5.32 Å². The summed E-state index contributed by atoms with van der Waals surface area (Å²) in [4.78, 5) is 31.2. The highest BCUT2D eigenvalue weighted by Gasteiger charge is 2.60. The van der Waals surface area contributed by atoms with Gasteiger partial charge in [-0.2, -0.15) is 0 Å². The maximum Gasteiger partial charge on any atom is 0.410 e. The second-order valence-corrected chi connectivity index (χ2v) is 9.03. The average molecular weight is 384 g/mol. The smallest absolute Gasteiger partial charge is 0.410 e. The molecule has 1 saturated carbocycles. The van der Waals surface area contributed by atoms with E-state index in [0.29, 0.717) is 13.1 Å². The minimum Gasteiger partial charge on any atom is -0.444 e. The molecule has 1 aliphatic carbocycles. The number of nitrogens with one attached hydrogen (secondary N) is 1. The van der Waals surface area contributed by atoms with Crippen molar-refractivity contribution in [3.8, 4) is 0 Å². The van der Waals surface area contributed by atoms with Gasteiger partial charge in [-0.3, -0.25) is 4.79 Å². The molecule has 0 radical (unpaired) electrons. The van der Waals surface area contributed by atoms with E-state index in [0.717, 1.165) is 16.9 Å². The molecule has 0 bridgehead atoms. The van der Waals surface area contributed by atoms with Crippen LogP contribution in [0.1, 0.15) is 45.1 Å². The number of imidazole rings is 1. The monoisotopic (exact) mass is 384 g/mol. The van der Waals surface area contributed by atoms with E-state index in [4.69, 9.17) is 4.74 Å². The summed E-state index contributed by atoms with van der Waals surface area (Å²) in [6, 6.07) is 3.85. The highest BCUT2D eigenvalue weighted by atomic mass is 16.6. The van der Waals surface area contributed by atoms with Gasteiger partial charge in [0, 0.05) is 25.2 Å². The van der Waals surface area contributed by atoms with Gasteiger partial charge in [-0.15, -0.1) is 0 Å². The van der Waals surface area contributed by atoms with E-state index in [1.807, 2.05) is 63.5 Å². The van der Waals surface area contributed by atoms with Crippen molar-refractivity contribution in [3.05, 3.63) is 35.9 Å². The van der Waals surface area contributed by atoms with Crippen LogP contribution in [-0.4, -0.2) is 45.0 Å². The van der Waals surface area contributed by atoms with E-state index < -0.39 is 5.60 Å². The third-order valence-corrected chi connectivity index (χ3v) is 5.71. The third kappa shape index (κ3) is 3.34. The first kappa shape index (κ1) is 18.8. The molecule has 1 aliphatic heterocycles. The summed E-state index contributed by atoms with van der Waals surface area (Å²) in [5.74, 6) is 1.33. The maximum absolute atomic E-state index is 12.8. The molecule has 7 nitrogen and oxygen atoms in total. The standard InChI is InChI=1S/C21H28N4O3/c1-12-7-6-8-25-16(12)9-22-18(25)13(2)23-19(26)17-14-10-24(11-15(14)17)20(27)28-21(3,4)5/h6-9,13-15,17H,10-11H2,1-5H3,(H,23,26)/t13-,14-,15+,17?/m1/s1. The number of fused-ring (bicyclic) bond motifs is 2. The van der Waals surface area contributed by atoms with Gasteiger partial charge in [0.25, 0.3) is 0 Å². The largest absolute Gasteiger partial charge is 0.444 e. The molecule has 2 amide bonds. The number of rotatable bonds is 3. The molecule has 0 spiro atoms. The van der Waals surface area contributed by atoms with Crippen molar-refractivity contribution in [1.82, 2.24) is 19.6 Å². The fourth-order valence-corrected chi connectivity index (χ4v) is 4.27. The number of aryl methyl sites for hydroxylation is 1. The molecular weight excluding hydrogens is 356 g/mol. The number of aromatic nitrogens is 2. The summed E-state index contributed by atoms with van der Waals surface area (Å²) in [6.07, 6.45) is 3.53. The van der Waals surface area contributed by atoms with E-state index >= 15 is 0 Å². The van der Waals surface area contributed by atoms with Gasteiger partial charge >= 0.3 is 6.09 Å². The lowest BCUT2D eigenvalue weighted by Crippen LogP contribution is -2.39. The van der Waals surface area contributed by atoms with Gasteiger partial charge in [-0.05, 0) is 58.1 Å². The molecule has 0 aromatic carbocycles. The number of pyridine rings is 1. The van der Waals surface area contributed by atoms with Gasteiger partial charge in [0.05, 0.1) is 17.8 Å². The number of carbonyl (C=O) groups is 2. The highest BCUT2D eigenvalue weighted by molar-refractivity contribution is 5.83. The molecule has 4 rings (SSSR count). The van der Waals surface area contributed by atoms with Crippen LogP contribution in [0, 0.1) is 24.7 Å². The molecule has 3 heterocycles. The van der Waals surface area contributed by atoms with Crippen molar-refractivity contribution < 1.29 is 14.3 Å². The first-order valence-electron chi connectivity index (χ1n) is 9.86. The molecule has 28 heavy (non-hydrogen) atoms. The molecule has 7 heteroatoms. The van der Waals surface area contributed by atoms with E-state index in [1.54, 1.807) is 4.90 Å². The zero-order chi connectivity index (χ0) is 20.2. The maximum atomic E-state index is 12.8. The topological polar surface area (TPSA) is 75.9 Å². The number of piperidine rings is 1. The molecule has 2 aromatic rings. The zero-order valence-electron chi connectivity index (χ0n) is 17.1. The molecule has 4 atom stereocenters. The van der Waals surface area contributed by atoms with Crippen molar-refractivity contribution in [2.75, 3.05) is 13.1 Å².